The fraction of sp³-hybridized carbons (Fsp3) is 0.214. The molecule has 1 aromatic heterocycles. The lowest BCUT2D eigenvalue weighted by Crippen LogP contribution is -2.22. The highest BCUT2D eigenvalue weighted by Gasteiger charge is 2.12. The van der Waals surface area contributed by atoms with Crippen molar-refractivity contribution in [1.29, 1.82) is 0 Å². The monoisotopic (exact) mass is 245 g/mol. The first-order valence-corrected chi connectivity index (χ1v) is 5.69. The van der Waals surface area contributed by atoms with Gasteiger partial charge in [-0.25, -0.2) is 0 Å². The minimum atomic E-state index is -0.173. The predicted molar refractivity (Wildman–Crippen MR) is 67.5 cm³/mol. The highest BCUT2D eigenvalue weighted by molar-refractivity contribution is 5.95. The lowest BCUT2D eigenvalue weighted by molar-refractivity contribution is 0.0949. The van der Waals surface area contributed by atoms with E-state index in [1.807, 2.05) is 6.07 Å². The Bertz CT molecular complexity index is 572. The molecule has 1 aromatic carbocycles. The summed E-state index contributed by atoms with van der Waals surface area (Å²) in [5.74, 6) is 1.35. The van der Waals surface area contributed by atoms with Gasteiger partial charge in [0.15, 0.2) is 0 Å². The summed E-state index contributed by atoms with van der Waals surface area (Å²) in [6.07, 6.45) is 0. The largest absolute Gasteiger partial charge is 0.508 e. The molecule has 0 fully saturated rings. The fourth-order valence-corrected chi connectivity index (χ4v) is 1.80. The van der Waals surface area contributed by atoms with E-state index in [2.05, 4.69) is 5.32 Å². The molecular formula is C14H15NO3. The number of aromatic hydroxyl groups is 1. The van der Waals surface area contributed by atoms with Gasteiger partial charge in [0.2, 0.25) is 0 Å². The van der Waals surface area contributed by atoms with Crippen molar-refractivity contribution in [3.8, 4) is 5.75 Å². The Hall–Kier alpha value is -2.23. The molecule has 0 saturated heterocycles. The molecule has 1 heterocycles. The second kappa shape index (κ2) is 4.96. The molecule has 4 heteroatoms. The Morgan fingerprint density at radius 1 is 1.33 bits per heavy atom. The van der Waals surface area contributed by atoms with Crippen LogP contribution in [-0.2, 0) is 6.54 Å². The van der Waals surface area contributed by atoms with E-state index in [0.717, 1.165) is 11.3 Å². The molecule has 0 bridgehead atoms. The van der Waals surface area contributed by atoms with Crippen LogP contribution in [-0.4, -0.2) is 11.0 Å². The number of nitrogens with one attached hydrogen (secondary N) is 1. The fourth-order valence-electron chi connectivity index (χ4n) is 1.80. The van der Waals surface area contributed by atoms with Gasteiger partial charge >= 0.3 is 0 Å². The molecule has 1 amide bonds. The third kappa shape index (κ3) is 2.71. The molecule has 0 unspecified atom stereocenters. The lowest BCUT2D eigenvalue weighted by atomic mass is 10.2. The van der Waals surface area contributed by atoms with Crippen LogP contribution in [0.25, 0.3) is 0 Å². The van der Waals surface area contributed by atoms with Gasteiger partial charge in [-0.3, -0.25) is 4.79 Å². The molecule has 2 N–H and O–H groups in total. The summed E-state index contributed by atoms with van der Waals surface area (Å²) >= 11 is 0. The third-order valence-electron chi connectivity index (χ3n) is 2.65. The van der Waals surface area contributed by atoms with Crippen molar-refractivity contribution in [2.45, 2.75) is 20.4 Å². The number of rotatable bonds is 3. The normalized spacial score (nSPS) is 10.3. The van der Waals surface area contributed by atoms with E-state index in [9.17, 15) is 9.90 Å². The van der Waals surface area contributed by atoms with E-state index in [4.69, 9.17) is 4.42 Å². The van der Waals surface area contributed by atoms with Crippen LogP contribution in [0, 0.1) is 13.8 Å². The van der Waals surface area contributed by atoms with E-state index < -0.39 is 0 Å². The SMILES string of the molecule is Cc1cc(C(=O)NCc2cccc(O)c2)c(C)o1. The van der Waals surface area contributed by atoms with Crippen LogP contribution in [0.1, 0.15) is 27.4 Å². The standard InChI is InChI=1S/C14H15NO3/c1-9-6-13(10(2)18-9)14(17)15-8-11-4-3-5-12(16)7-11/h3-7,16H,8H2,1-2H3,(H,15,17). The Morgan fingerprint density at radius 3 is 2.72 bits per heavy atom. The molecule has 0 spiro atoms. The minimum Gasteiger partial charge on any atom is -0.508 e. The van der Waals surface area contributed by atoms with E-state index in [1.165, 1.54) is 0 Å². The predicted octanol–water partition coefficient (Wildman–Crippen LogP) is 2.53. The van der Waals surface area contributed by atoms with Crippen LogP contribution in [0.15, 0.2) is 34.7 Å². The Labute approximate surface area is 105 Å². The number of carbonyl (C=O) groups excluding carboxylic acids is 1. The van der Waals surface area contributed by atoms with Gasteiger partial charge in [-0.2, -0.15) is 0 Å². The van der Waals surface area contributed by atoms with Crippen LogP contribution in [0.5, 0.6) is 5.75 Å². The van der Waals surface area contributed by atoms with E-state index in [-0.39, 0.29) is 11.7 Å². The molecule has 2 aromatic rings. The molecule has 0 atom stereocenters. The zero-order chi connectivity index (χ0) is 13.1. The number of furan rings is 1. The maximum absolute atomic E-state index is 11.9. The molecule has 94 valence electrons. The number of phenolic OH excluding ortho intramolecular Hbond substituents is 1. The molecule has 18 heavy (non-hydrogen) atoms. The first kappa shape index (κ1) is 12.2. The zero-order valence-electron chi connectivity index (χ0n) is 10.4. The van der Waals surface area contributed by atoms with Crippen molar-refractivity contribution >= 4 is 5.91 Å². The zero-order valence-corrected chi connectivity index (χ0v) is 10.4. The molecule has 0 saturated carbocycles. The van der Waals surface area contributed by atoms with Gasteiger partial charge in [-0.1, -0.05) is 12.1 Å². The van der Waals surface area contributed by atoms with Crippen LogP contribution in [0.3, 0.4) is 0 Å². The van der Waals surface area contributed by atoms with Gasteiger partial charge in [0.25, 0.3) is 5.91 Å². The second-order valence-electron chi connectivity index (χ2n) is 4.18. The second-order valence-corrected chi connectivity index (χ2v) is 4.18. The van der Waals surface area contributed by atoms with Gasteiger partial charge in [0, 0.05) is 6.54 Å². The van der Waals surface area contributed by atoms with Gasteiger partial charge < -0.3 is 14.8 Å². The van der Waals surface area contributed by atoms with Gasteiger partial charge in [-0.15, -0.1) is 0 Å². The summed E-state index contributed by atoms with van der Waals surface area (Å²) in [6.45, 7) is 3.94. The van der Waals surface area contributed by atoms with Crippen molar-refractivity contribution in [2.24, 2.45) is 0 Å². The summed E-state index contributed by atoms with van der Waals surface area (Å²) in [5.41, 5.74) is 1.40. The number of phenols is 1. The third-order valence-corrected chi connectivity index (χ3v) is 2.65. The minimum absolute atomic E-state index is 0.173. The van der Waals surface area contributed by atoms with Crippen LogP contribution >= 0.6 is 0 Å². The van der Waals surface area contributed by atoms with Crippen molar-refractivity contribution in [3.63, 3.8) is 0 Å². The Kier molecular flexibility index (Phi) is 3.37. The first-order chi connectivity index (χ1) is 8.56. The summed E-state index contributed by atoms with van der Waals surface area (Å²) in [4.78, 5) is 11.9. The number of benzene rings is 1. The molecule has 4 nitrogen and oxygen atoms in total. The smallest absolute Gasteiger partial charge is 0.255 e. The van der Waals surface area contributed by atoms with Gasteiger partial charge in [0.05, 0.1) is 5.56 Å². The highest BCUT2D eigenvalue weighted by atomic mass is 16.3. The van der Waals surface area contributed by atoms with E-state index >= 15 is 0 Å². The number of amides is 1. The molecular weight excluding hydrogens is 230 g/mol. The summed E-state index contributed by atoms with van der Waals surface area (Å²) in [7, 11) is 0. The van der Waals surface area contributed by atoms with Crippen LogP contribution in [0.2, 0.25) is 0 Å². The van der Waals surface area contributed by atoms with Crippen LogP contribution < -0.4 is 5.32 Å². The number of hydrogen-bond acceptors (Lipinski definition) is 3. The maximum atomic E-state index is 11.9. The average Bonchev–Trinajstić information content (AvgIpc) is 2.66. The van der Waals surface area contributed by atoms with Gasteiger partial charge in [0.1, 0.15) is 17.3 Å². The molecule has 0 aliphatic heterocycles. The van der Waals surface area contributed by atoms with Crippen molar-refractivity contribution < 1.29 is 14.3 Å². The summed E-state index contributed by atoms with van der Waals surface area (Å²) in [5, 5.41) is 12.1. The number of hydrogen-bond donors (Lipinski definition) is 2. The van der Waals surface area contributed by atoms with E-state index in [0.29, 0.717) is 17.9 Å². The maximum Gasteiger partial charge on any atom is 0.255 e. The number of aryl methyl sites for hydroxylation is 2. The molecule has 0 aliphatic rings. The summed E-state index contributed by atoms with van der Waals surface area (Å²) < 4.78 is 5.31. The molecule has 0 aliphatic carbocycles. The Balaban J connectivity index is 2.03. The number of carbonyl (C=O) groups is 1. The quantitative estimate of drug-likeness (QED) is 0.873. The lowest BCUT2D eigenvalue weighted by Gasteiger charge is -2.04. The topological polar surface area (TPSA) is 62.5 Å². The summed E-state index contributed by atoms with van der Waals surface area (Å²) in [6, 6.07) is 8.51. The Morgan fingerprint density at radius 2 is 2.11 bits per heavy atom. The van der Waals surface area contributed by atoms with Crippen molar-refractivity contribution in [2.75, 3.05) is 0 Å². The van der Waals surface area contributed by atoms with Crippen LogP contribution in [0.4, 0.5) is 0 Å². The average molecular weight is 245 g/mol. The first-order valence-electron chi connectivity index (χ1n) is 5.69. The molecule has 0 radical (unpaired) electrons. The molecule has 2 rings (SSSR count). The van der Waals surface area contributed by atoms with Gasteiger partial charge in [-0.05, 0) is 37.6 Å². The highest BCUT2D eigenvalue weighted by Crippen LogP contribution is 2.14. The van der Waals surface area contributed by atoms with Crippen molar-refractivity contribution in [1.82, 2.24) is 5.32 Å². The van der Waals surface area contributed by atoms with Crippen molar-refractivity contribution in [3.05, 3.63) is 53.0 Å². The van der Waals surface area contributed by atoms with E-state index in [1.54, 1.807) is 38.1 Å².